The van der Waals surface area contributed by atoms with Gasteiger partial charge in [0.05, 0.1) is 18.4 Å². The zero-order valence-corrected chi connectivity index (χ0v) is 19.3. The fourth-order valence-corrected chi connectivity index (χ4v) is 3.98. The number of ether oxygens (including phenoxy) is 1. The zero-order valence-electron chi connectivity index (χ0n) is 19.3. The smallest absolute Gasteiger partial charge is 0.387 e. The molecule has 0 unspecified atom stereocenters. The summed E-state index contributed by atoms with van der Waals surface area (Å²) in [4.78, 5) is 39.3. The molecule has 2 saturated heterocycles. The minimum Gasteiger partial charge on any atom is -0.435 e. The van der Waals surface area contributed by atoms with Gasteiger partial charge in [0, 0.05) is 51.8 Å². The number of carbonyl (C=O) groups excluding carboxylic acids is 2. The third-order valence-corrected chi connectivity index (χ3v) is 5.88. The molecule has 0 radical (unpaired) electrons. The van der Waals surface area contributed by atoms with Crippen molar-refractivity contribution in [1.82, 2.24) is 30.5 Å². The molecule has 1 aromatic carbocycles. The summed E-state index contributed by atoms with van der Waals surface area (Å²) in [5.41, 5.74) is 3.76. The number of amides is 2. The predicted molar refractivity (Wildman–Crippen MR) is 120 cm³/mol. The summed E-state index contributed by atoms with van der Waals surface area (Å²) in [6, 6.07) is 6.16. The third-order valence-electron chi connectivity index (χ3n) is 5.88. The van der Waals surface area contributed by atoms with E-state index in [0.717, 1.165) is 0 Å². The molecule has 0 saturated carbocycles. The zero-order chi connectivity index (χ0) is 24.8. The highest BCUT2D eigenvalue weighted by atomic mass is 19.3. The Kier molecular flexibility index (Phi) is 7.98. The van der Waals surface area contributed by atoms with Crippen LogP contribution in [0.1, 0.15) is 13.3 Å². The van der Waals surface area contributed by atoms with Gasteiger partial charge in [0.15, 0.2) is 0 Å². The highest BCUT2D eigenvalue weighted by Gasteiger charge is 2.26. The van der Waals surface area contributed by atoms with Crippen molar-refractivity contribution >= 4 is 17.8 Å². The Labute approximate surface area is 201 Å². The molecule has 0 bridgehead atoms. The Morgan fingerprint density at radius 2 is 1.89 bits per heavy atom. The van der Waals surface area contributed by atoms with Crippen molar-refractivity contribution in [1.29, 1.82) is 0 Å². The molecule has 13 heteroatoms. The summed E-state index contributed by atoms with van der Waals surface area (Å²) in [6.07, 6.45) is 2.01. The number of piperazine rings is 1. The highest BCUT2D eigenvalue weighted by Crippen LogP contribution is 2.23. The second kappa shape index (κ2) is 11.3. The first kappa shape index (κ1) is 24.7. The normalized spacial score (nSPS) is 18.7. The molecule has 2 amide bonds. The number of alkyl halides is 2. The number of nitrogens with one attached hydrogen (secondary N) is 1. The molecule has 2 fully saturated rings. The van der Waals surface area contributed by atoms with Gasteiger partial charge in [0.2, 0.25) is 11.9 Å². The van der Waals surface area contributed by atoms with E-state index < -0.39 is 6.61 Å². The van der Waals surface area contributed by atoms with Gasteiger partial charge >= 0.3 is 6.61 Å². The Bertz CT molecular complexity index is 1020. The number of nitrogens with zero attached hydrogens (tertiary/aromatic N) is 6. The standard InChI is InChI=1S/C22H27F2N7O4/c1-15(32)31-7-6-18(13-31)35-28-20(33)14-29-8-10-30(11-9-29)22-26-19(12-25-27-22)16-2-4-17(5-3-16)34-21(23)24/h2-5,12,18,21H,6-11,13-14H2,1H3,(H,28,33)/t18-/m1/s1. The molecule has 2 aliphatic rings. The number of rotatable bonds is 8. The van der Waals surface area contributed by atoms with Crippen molar-refractivity contribution in [2.45, 2.75) is 26.1 Å². The Morgan fingerprint density at radius 1 is 1.14 bits per heavy atom. The molecular formula is C22H27F2N7O4. The largest absolute Gasteiger partial charge is 0.435 e. The average molecular weight is 491 g/mol. The first-order valence-corrected chi connectivity index (χ1v) is 11.3. The van der Waals surface area contributed by atoms with Crippen molar-refractivity contribution in [3.63, 3.8) is 0 Å². The molecule has 11 nitrogen and oxygen atoms in total. The average Bonchev–Trinajstić information content (AvgIpc) is 3.33. The van der Waals surface area contributed by atoms with Gasteiger partial charge in [-0.1, -0.05) is 0 Å². The van der Waals surface area contributed by atoms with Gasteiger partial charge in [-0.05, 0) is 30.7 Å². The molecule has 4 rings (SSSR count). The molecule has 1 atom stereocenters. The van der Waals surface area contributed by atoms with Crippen LogP contribution < -0.4 is 15.1 Å². The van der Waals surface area contributed by atoms with Gasteiger partial charge in [-0.2, -0.15) is 13.9 Å². The van der Waals surface area contributed by atoms with E-state index in [4.69, 9.17) is 4.84 Å². The van der Waals surface area contributed by atoms with E-state index in [1.54, 1.807) is 17.0 Å². The van der Waals surface area contributed by atoms with E-state index in [9.17, 15) is 18.4 Å². The fourth-order valence-electron chi connectivity index (χ4n) is 3.98. The maximum Gasteiger partial charge on any atom is 0.387 e. The molecule has 1 N–H and O–H groups in total. The maximum atomic E-state index is 12.3. The van der Waals surface area contributed by atoms with Gasteiger partial charge in [0.25, 0.3) is 5.91 Å². The van der Waals surface area contributed by atoms with Crippen molar-refractivity contribution in [2.75, 3.05) is 50.7 Å². The summed E-state index contributed by atoms with van der Waals surface area (Å²) in [5.74, 6) is 0.290. The quantitative estimate of drug-likeness (QED) is 0.539. The van der Waals surface area contributed by atoms with Gasteiger partial charge < -0.3 is 14.5 Å². The van der Waals surface area contributed by atoms with Crippen LogP contribution in [0.5, 0.6) is 5.75 Å². The van der Waals surface area contributed by atoms with Gasteiger partial charge in [-0.3, -0.25) is 19.3 Å². The SMILES string of the molecule is CC(=O)N1CC[C@@H](ONC(=O)CN2CCN(c3nncc(-c4ccc(OC(F)F)cc4)n3)CC2)C1. The van der Waals surface area contributed by atoms with Gasteiger partial charge in [0.1, 0.15) is 11.9 Å². The van der Waals surface area contributed by atoms with E-state index >= 15 is 0 Å². The van der Waals surface area contributed by atoms with E-state index in [1.807, 2.05) is 9.80 Å². The molecular weight excluding hydrogens is 464 g/mol. The topological polar surface area (TPSA) is 113 Å². The van der Waals surface area contributed by atoms with E-state index in [0.29, 0.717) is 62.9 Å². The summed E-state index contributed by atoms with van der Waals surface area (Å²) in [5, 5.41) is 8.15. The predicted octanol–water partition coefficient (Wildman–Crippen LogP) is 0.931. The van der Waals surface area contributed by atoms with Crippen molar-refractivity contribution < 1.29 is 27.9 Å². The number of anilines is 1. The number of aromatic nitrogens is 3. The van der Waals surface area contributed by atoms with E-state index in [2.05, 4.69) is 25.4 Å². The summed E-state index contributed by atoms with van der Waals surface area (Å²) >= 11 is 0. The Morgan fingerprint density at radius 3 is 2.54 bits per heavy atom. The molecule has 35 heavy (non-hydrogen) atoms. The summed E-state index contributed by atoms with van der Waals surface area (Å²) in [7, 11) is 0. The third kappa shape index (κ3) is 6.79. The van der Waals surface area contributed by atoms with Crippen LogP contribution in [0, 0.1) is 0 Å². The minimum absolute atomic E-state index is 0.00221. The number of hydrogen-bond acceptors (Lipinski definition) is 9. The molecule has 0 aliphatic carbocycles. The lowest BCUT2D eigenvalue weighted by Gasteiger charge is -2.34. The summed E-state index contributed by atoms with van der Waals surface area (Å²) in [6.45, 7) is 2.42. The second-order valence-electron chi connectivity index (χ2n) is 8.33. The van der Waals surface area contributed by atoms with Crippen LogP contribution in [0.25, 0.3) is 11.3 Å². The maximum absolute atomic E-state index is 12.3. The van der Waals surface area contributed by atoms with Crippen LogP contribution in [-0.2, 0) is 14.4 Å². The number of halogens is 2. The van der Waals surface area contributed by atoms with Crippen molar-refractivity contribution in [2.24, 2.45) is 0 Å². The lowest BCUT2D eigenvalue weighted by molar-refractivity contribution is -0.139. The van der Waals surface area contributed by atoms with Gasteiger partial charge in [-0.15, -0.1) is 5.10 Å². The summed E-state index contributed by atoms with van der Waals surface area (Å²) < 4.78 is 29.0. The second-order valence-corrected chi connectivity index (χ2v) is 8.33. The highest BCUT2D eigenvalue weighted by molar-refractivity contribution is 5.77. The van der Waals surface area contributed by atoms with Gasteiger partial charge in [-0.25, -0.2) is 10.5 Å². The van der Waals surface area contributed by atoms with E-state index in [1.165, 1.54) is 25.3 Å². The molecule has 0 spiro atoms. The minimum atomic E-state index is -2.88. The molecule has 3 heterocycles. The van der Waals surface area contributed by atoms with Crippen LogP contribution in [0.4, 0.5) is 14.7 Å². The first-order chi connectivity index (χ1) is 16.9. The van der Waals surface area contributed by atoms with Crippen LogP contribution in [0.2, 0.25) is 0 Å². The molecule has 2 aliphatic heterocycles. The number of hydroxylamine groups is 1. The van der Waals surface area contributed by atoms with Crippen LogP contribution >= 0.6 is 0 Å². The number of carbonyl (C=O) groups is 2. The number of benzene rings is 1. The number of hydrogen-bond donors (Lipinski definition) is 1. The molecule has 1 aromatic heterocycles. The number of likely N-dealkylation sites (tertiary alicyclic amines) is 1. The monoisotopic (exact) mass is 491 g/mol. The lowest BCUT2D eigenvalue weighted by atomic mass is 10.1. The lowest BCUT2D eigenvalue weighted by Crippen LogP contribution is -2.50. The molecule has 188 valence electrons. The van der Waals surface area contributed by atoms with Crippen molar-refractivity contribution in [3.05, 3.63) is 30.5 Å². The first-order valence-electron chi connectivity index (χ1n) is 11.3. The Balaban J connectivity index is 1.23. The fraction of sp³-hybridized carbons (Fsp3) is 0.500. The van der Waals surface area contributed by atoms with Crippen LogP contribution in [0.15, 0.2) is 30.5 Å². The molecule has 2 aromatic rings. The van der Waals surface area contributed by atoms with E-state index in [-0.39, 0.29) is 30.2 Å². The van der Waals surface area contributed by atoms with Crippen molar-refractivity contribution in [3.8, 4) is 17.0 Å². The Hall–Kier alpha value is -3.45. The van der Waals surface area contributed by atoms with Crippen LogP contribution in [0.3, 0.4) is 0 Å². The van der Waals surface area contributed by atoms with Crippen LogP contribution in [-0.4, -0.2) is 95.3 Å².